The lowest BCUT2D eigenvalue weighted by Crippen LogP contribution is -2.33. The van der Waals surface area contributed by atoms with Gasteiger partial charge in [0.15, 0.2) is 0 Å². The van der Waals surface area contributed by atoms with Crippen LogP contribution in [0.25, 0.3) is 0 Å². The molecule has 0 radical (unpaired) electrons. The van der Waals surface area contributed by atoms with E-state index in [-0.39, 0.29) is 6.61 Å². The number of nitrogens with two attached hydrogens (primary N) is 1. The molecular weight excluding hydrogens is 154 g/mol. The number of hydrogen-bond acceptors (Lipinski definition) is 3. The normalized spacial score (nSPS) is 16.0. The summed E-state index contributed by atoms with van der Waals surface area (Å²) < 4.78 is 5.36. The van der Waals surface area contributed by atoms with Crippen molar-refractivity contribution in [2.75, 3.05) is 6.61 Å². The number of aliphatic hydroxyl groups excluding tert-OH is 1. The fourth-order valence-electron chi connectivity index (χ4n) is 1.10. The number of rotatable bonds is 3. The summed E-state index contributed by atoms with van der Waals surface area (Å²) in [5.74, 6) is 1.58. The Kier molecular flexibility index (Phi) is 2.55. The fourth-order valence-corrected chi connectivity index (χ4v) is 1.10. The Morgan fingerprint density at radius 1 is 1.58 bits per heavy atom. The van der Waals surface area contributed by atoms with Crippen molar-refractivity contribution < 1.29 is 9.52 Å². The molecule has 1 aromatic heterocycles. The van der Waals surface area contributed by atoms with Gasteiger partial charge in [0.05, 0.1) is 5.54 Å². The molecule has 68 valence electrons. The van der Waals surface area contributed by atoms with Gasteiger partial charge in [-0.25, -0.2) is 0 Å². The van der Waals surface area contributed by atoms with Gasteiger partial charge in [0.25, 0.3) is 0 Å². The van der Waals surface area contributed by atoms with E-state index in [1.807, 2.05) is 26.0 Å². The van der Waals surface area contributed by atoms with Gasteiger partial charge >= 0.3 is 0 Å². The summed E-state index contributed by atoms with van der Waals surface area (Å²) in [6.07, 6.45) is 0.514. The first kappa shape index (κ1) is 9.29. The third-order valence-electron chi connectivity index (χ3n) is 1.93. The van der Waals surface area contributed by atoms with Gasteiger partial charge < -0.3 is 15.3 Å². The lowest BCUT2D eigenvalue weighted by atomic mass is 9.97. The molecule has 0 aromatic carbocycles. The molecule has 0 aliphatic heterocycles. The van der Waals surface area contributed by atoms with Gasteiger partial charge in [0.1, 0.15) is 11.5 Å². The van der Waals surface area contributed by atoms with E-state index in [1.165, 1.54) is 0 Å². The lowest BCUT2D eigenvalue weighted by Gasteiger charge is -2.20. The van der Waals surface area contributed by atoms with Crippen LogP contribution in [0.5, 0.6) is 0 Å². The monoisotopic (exact) mass is 169 g/mol. The summed E-state index contributed by atoms with van der Waals surface area (Å²) in [6.45, 7) is 3.80. The Morgan fingerprint density at radius 3 is 2.67 bits per heavy atom. The maximum Gasteiger partial charge on any atom is 0.123 e. The molecule has 3 nitrogen and oxygen atoms in total. The molecule has 1 unspecified atom stereocenters. The summed E-state index contributed by atoms with van der Waals surface area (Å²) >= 11 is 0. The second-order valence-electron chi connectivity index (χ2n) is 3.30. The Balaban J connectivity index is 2.81. The smallest absolute Gasteiger partial charge is 0.123 e. The molecule has 0 saturated heterocycles. The molecule has 0 bridgehead atoms. The molecule has 1 rings (SSSR count). The van der Waals surface area contributed by atoms with Crippen LogP contribution in [0, 0.1) is 6.92 Å². The molecular formula is C9H15NO2. The maximum atomic E-state index is 8.75. The zero-order chi connectivity index (χ0) is 9.19. The number of aryl methyl sites for hydroxylation is 1. The average Bonchev–Trinajstić information content (AvgIpc) is 2.36. The molecule has 0 amide bonds. The van der Waals surface area contributed by atoms with Crippen molar-refractivity contribution in [1.82, 2.24) is 0 Å². The summed E-state index contributed by atoms with van der Waals surface area (Å²) in [6, 6.07) is 3.73. The molecule has 0 fully saturated rings. The number of hydrogen-bond donors (Lipinski definition) is 2. The van der Waals surface area contributed by atoms with E-state index in [0.29, 0.717) is 6.42 Å². The molecule has 1 atom stereocenters. The molecule has 0 aliphatic rings. The molecule has 3 heteroatoms. The van der Waals surface area contributed by atoms with Crippen molar-refractivity contribution in [2.24, 2.45) is 5.73 Å². The van der Waals surface area contributed by atoms with Gasteiger partial charge in [-0.2, -0.15) is 0 Å². The van der Waals surface area contributed by atoms with E-state index >= 15 is 0 Å². The fraction of sp³-hybridized carbons (Fsp3) is 0.556. The predicted molar refractivity (Wildman–Crippen MR) is 46.7 cm³/mol. The van der Waals surface area contributed by atoms with Crippen LogP contribution in [0.15, 0.2) is 16.5 Å². The summed E-state index contributed by atoms with van der Waals surface area (Å²) in [5.41, 5.74) is 5.36. The Hall–Kier alpha value is -0.800. The minimum atomic E-state index is -0.553. The average molecular weight is 169 g/mol. The van der Waals surface area contributed by atoms with E-state index in [2.05, 4.69) is 0 Å². The Labute approximate surface area is 72.2 Å². The highest BCUT2D eigenvalue weighted by Gasteiger charge is 2.23. The summed E-state index contributed by atoms with van der Waals surface area (Å²) in [7, 11) is 0. The van der Waals surface area contributed by atoms with Crippen LogP contribution in [0.3, 0.4) is 0 Å². The van der Waals surface area contributed by atoms with Crippen molar-refractivity contribution in [3.63, 3.8) is 0 Å². The zero-order valence-corrected chi connectivity index (χ0v) is 7.50. The summed E-state index contributed by atoms with van der Waals surface area (Å²) in [5, 5.41) is 8.75. The van der Waals surface area contributed by atoms with E-state index in [1.54, 1.807) is 0 Å². The highest BCUT2D eigenvalue weighted by atomic mass is 16.3. The standard InChI is InChI=1S/C9H15NO2/c1-7-3-4-8(12-7)9(2,10)5-6-11/h3-4,11H,5-6,10H2,1-2H3. The molecule has 0 aliphatic carbocycles. The van der Waals surface area contributed by atoms with Crippen LogP contribution in [-0.4, -0.2) is 11.7 Å². The van der Waals surface area contributed by atoms with Crippen molar-refractivity contribution >= 4 is 0 Å². The number of aliphatic hydroxyl groups is 1. The second-order valence-corrected chi connectivity index (χ2v) is 3.30. The first-order valence-electron chi connectivity index (χ1n) is 4.03. The van der Waals surface area contributed by atoms with Gasteiger partial charge in [-0.15, -0.1) is 0 Å². The maximum absolute atomic E-state index is 8.75. The van der Waals surface area contributed by atoms with Gasteiger partial charge in [0.2, 0.25) is 0 Å². The zero-order valence-electron chi connectivity index (χ0n) is 7.50. The van der Waals surface area contributed by atoms with Crippen molar-refractivity contribution in [3.05, 3.63) is 23.7 Å². The summed E-state index contributed by atoms with van der Waals surface area (Å²) in [4.78, 5) is 0. The Morgan fingerprint density at radius 2 is 2.25 bits per heavy atom. The first-order valence-corrected chi connectivity index (χ1v) is 4.03. The number of furan rings is 1. The third kappa shape index (κ3) is 1.87. The van der Waals surface area contributed by atoms with Crippen LogP contribution in [0.2, 0.25) is 0 Å². The lowest BCUT2D eigenvalue weighted by molar-refractivity contribution is 0.229. The van der Waals surface area contributed by atoms with Crippen molar-refractivity contribution in [2.45, 2.75) is 25.8 Å². The van der Waals surface area contributed by atoms with E-state index in [4.69, 9.17) is 15.3 Å². The highest BCUT2D eigenvalue weighted by Crippen LogP contribution is 2.22. The molecule has 12 heavy (non-hydrogen) atoms. The highest BCUT2D eigenvalue weighted by molar-refractivity contribution is 5.13. The van der Waals surface area contributed by atoms with Gasteiger partial charge in [0, 0.05) is 6.61 Å². The van der Waals surface area contributed by atoms with Crippen LogP contribution in [0.4, 0.5) is 0 Å². The minimum absolute atomic E-state index is 0.0761. The predicted octanol–water partition coefficient (Wildman–Crippen LogP) is 1.14. The largest absolute Gasteiger partial charge is 0.464 e. The third-order valence-corrected chi connectivity index (χ3v) is 1.93. The van der Waals surface area contributed by atoms with Gasteiger partial charge in [-0.1, -0.05) is 0 Å². The molecule has 0 spiro atoms. The topological polar surface area (TPSA) is 59.4 Å². The van der Waals surface area contributed by atoms with Gasteiger partial charge in [-0.3, -0.25) is 0 Å². The van der Waals surface area contributed by atoms with Crippen LogP contribution in [0.1, 0.15) is 24.9 Å². The van der Waals surface area contributed by atoms with Crippen LogP contribution in [-0.2, 0) is 5.54 Å². The van der Waals surface area contributed by atoms with Crippen LogP contribution < -0.4 is 5.73 Å². The SMILES string of the molecule is Cc1ccc(C(C)(N)CCO)o1. The second kappa shape index (κ2) is 3.29. The van der Waals surface area contributed by atoms with Crippen LogP contribution >= 0.6 is 0 Å². The van der Waals surface area contributed by atoms with Crippen molar-refractivity contribution in [1.29, 1.82) is 0 Å². The molecule has 1 aromatic rings. The molecule has 1 heterocycles. The molecule has 3 N–H and O–H groups in total. The van der Waals surface area contributed by atoms with E-state index in [0.717, 1.165) is 11.5 Å². The molecule has 0 saturated carbocycles. The van der Waals surface area contributed by atoms with Crippen molar-refractivity contribution in [3.8, 4) is 0 Å². The van der Waals surface area contributed by atoms with Gasteiger partial charge in [-0.05, 0) is 32.4 Å². The quantitative estimate of drug-likeness (QED) is 0.713. The van der Waals surface area contributed by atoms with E-state index < -0.39 is 5.54 Å². The van der Waals surface area contributed by atoms with E-state index in [9.17, 15) is 0 Å². The Bertz CT molecular complexity index is 253. The minimum Gasteiger partial charge on any atom is -0.464 e. The first-order chi connectivity index (χ1) is 5.56.